The van der Waals surface area contributed by atoms with Crippen LogP contribution in [0.2, 0.25) is 0 Å². The van der Waals surface area contributed by atoms with Crippen molar-refractivity contribution in [3.63, 3.8) is 0 Å². The smallest absolute Gasteiger partial charge is 0.252 e. The first-order valence-electron chi connectivity index (χ1n) is 5.39. The first kappa shape index (κ1) is 10.2. The summed E-state index contributed by atoms with van der Waals surface area (Å²) in [5, 5.41) is 3.01. The van der Waals surface area contributed by atoms with Crippen molar-refractivity contribution < 1.29 is 4.79 Å². The molecule has 1 aliphatic rings. The summed E-state index contributed by atoms with van der Waals surface area (Å²) in [7, 11) is 0. The predicted octanol–water partition coefficient (Wildman–Crippen LogP) is 2.79. The second-order valence-corrected chi connectivity index (χ2v) is 5.00. The Bertz CT molecular complexity index is 419. The van der Waals surface area contributed by atoms with Crippen LogP contribution < -0.4 is 5.32 Å². The lowest BCUT2D eigenvalue weighted by molar-refractivity contribution is 0.0939. The molecular weight excluding hydrogens is 186 g/mol. The van der Waals surface area contributed by atoms with Crippen LogP contribution in [0.4, 0.5) is 0 Å². The van der Waals surface area contributed by atoms with Crippen molar-refractivity contribution in [1.82, 2.24) is 5.32 Å². The molecule has 1 aromatic rings. The third kappa shape index (κ3) is 1.44. The van der Waals surface area contributed by atoms with E-state index in [-0.39, 0.29) is 11.4 Å². The fraction of sp³-hybridized carbons (Fsp3) is 0.462. The van der Waals surface area contributed by atoms with E-state index in [4.69, 9.17) is 0 Å². The summed E-state index contributed by atoms with van der Waals surface area (Å²) in [6.07, 6.45) is 0. The monoisotopic (exact) mass is 203 g/mol. The molecule has 0 atom stereocenters. The van der Waals surface area contributed by atoms with Crippen molar-refractivity contribution in [1.29, 1.82) is 0 Å². The number of amides is 1. The fourth-order valence-corrected chi connectivity index (χ4v) is 2.24. The highest BCUT2D eigenvalue weighted by molar-refractivity contribution is 6.01. The maximum Gasteiger partial charge on any atom is 0.252 e. The van der Waals surface area contributed by atoms with E-state index in [0.717, 1.165) is 16.7 Å². The number of hydrogen-bond acceptors (Lipinski definition) is 1. The molecule has 2 heteroatoms. The van der Waals surface area contributed by atoms with Crippen molar-refractivity contribution in [2.24, 2.45) is 0 Å². The highest BCUT2D eigenvalue weighted by atomic mass is 16.2. The Balaban J connectivity index is 2.68. The van der Waals surface area contributed by atoms with E-state index in [1.54, 1.807) is 0 Å². The highest BCUT2D eigenvalue weighted by Gasteiger charge is 2.36. The highest BCUT2D eigenvalue weighted by Crippen LogP contribution is 2.34. The summed E-state index contributed by atoms with van der Waals surface area (Å²) in [6, 6.07) is 6.12. The van der Waals surface area contributed by atoms with E-state index in [0.29, 0.717) is 5.92 Å². The van der Waals surface area contributed by atoms with Gasteiger partial charge < -0.3 is 5.32 Å². The van der Waals surface area contributed by atoms with Gasteiger partial charge in [0.1, 0.15) is 0 Å². The maximum absolute atomic E-state index is 11.9. The molecule has 15 heavy (non-hydrogen) atoms. The first-order chi connectivity index (χ1) is 6.93. The number of carbonyl (C=O) groups excluding carboxylic acids is 1. The van der Waals surface area contributed by atoms with Crippen LogP contribution in [-0.4, -0.2) is 5.91 Å². The minimum Gasteiger partial charge on any atom is -0.343 e. The Morgan fingerprint density at radius 2 is 1.93 bits per heavy atom. The molecule has 1 N–H and O–H groups in total. The van der Waals surface area contributed by atoms with Crippen LogP contribution in [0, 0.1) is 0 Å². The van der Waals surface area contributed by atoms with Gasteiger partial charge in [0.05, 0.1) is 5.54 Å². The summed E-state index contributed by atoms with van der Waals surface area (Å²) < 4.78 is 0. The van der Waals surface area contributed by atoms with Gasteiger partial charge in [0, 0.05) is 5.56 Å². The number of rotatable bonds is 1. The van der Waals surface area contributed by atoms with Crippen LogP contribution in [0.15, 0.2) is 18.2 Å². The van der Waals surface area contributed by atoms with E-state index < -0.39 is 0 Å². The molecule has 2 nitrogen and oxygen atoms in total. The molecule has 2 rings (SSSR count). The Hall–Kier alpha value is -1.31. The average Bonchev–Trinajstić information content (AvgIpc) is 2.37. The Morgan fingerprint density at radius 1 is 1.27 bits per heavy atom. The summed E-state index contributed by atoms with van der Waals surface area (Å²) in [5.41, 5.74) is 2.93. The first-order valence-corrected chi connectivity index (χ1v) is 5.39. The van der Waals surface area contributed by atoms with Gasteiger partial charge in [0.2, 0.25) is 0 Å². The van der Waals surface area contributed by atoms with E-state index >= 15 is 0 Å². The topological polar surface area (TPSA) is 29.1 Å². The lowest BCUT2D eigenvalue weighted by Crippen LogP contribution is -2.32. The van der Waals surface area contributed by atoms with Gasteiger partial charge in [-0.15, -0.1) is 0 Å². The van der Waals surface area contributed by atoms with Gasteiger partial charge in [-0.2, -0.15) is 0 Å². The van der Waals surface area contributed by atoms with E-state index in [1.807, 2.05) is 32.0 Å². The number of nitrogens with one attached hydrogen (secondary N) is 1. The minimum atomic E-state index is -0.225. The van der Waals surface area contributed by atoms with Gasteiger partial charge in [-0.3, -0.25) is 4.79 Å². The van der Waals surface area contributed by atoms with E-state index in [9.17, 15) is 4.79 Å². The van der Waals surface area contributed by atoms with Crippen LogP contribution >= 0.6 is 0 Å². The van der Waals surface area contributed by atoms with Gasteiger partial charge in [-0.1, -0.05) is 32.0 Å². The Morgan fingerprint density at radius 3 is 2.53 bits per heavy atom. The number of hydrogen-bond donors (Lipinski definition) is 1. The standard InChI is InChI=1S/C13H17NO/c1-8(2)9-6-5-7-10-11(9)12(15)14-13(10,3)4/h5-8H,1-4H3,(H,14,15). The van der Waals surface area contributed by atoms with E-state index in [2.05, 4.69) is 19.2 Å². The van der Waals surface area contributed by atoms with Gasteiger partial charge in [-0.25, -0.2) is 0 Å². The van der Waals surface area contributed by atoms with E-state index in [1.165, 1.54) is 0 Å². The summed E-state index contributed by atoms with van der Waals surface area (Å²) in [4.78, 5) is 11.9. The van der Waals surface area contributed by atoms with Crippen molar-refractivity contribution in [2.75, 3.05) is 0 Å². The SMILES string of the molecule is CC(C)c1cccc2c1C(=O)NC2(C)C. The molecule has 0 saturated carbocycles. The normalized spacial score (nSPS) is 17.8. The third-order valence-corrected chi connectivity index (χ3v) is 3.05. The zero-order chi connectivity index (χ0) is 11.2. The molecule has 0 fully saturated rings. The minimum absolute atomic E-state index is 0.0688. The third-order valence-electron chi connectivity index (χ3n) is 3.05. The second-order valence-electron chi connectivity index (χ2n) is 5.00. The largest absolute Gasteiger partial charge is 0.343 e. The number of fused-ring (bicyclic) bond motifs is 1. The Kier molecular flexibility index (Phi) is 2.10. The van der Waals surface area contributed by atoms with Crippen LogP contribution in [0.25, 0.3) is 0 Å². The molecule has 0 saturated heterocycles. The van der Waals surface area contributed by atoms with Crippen molar-refractivity contribution in [3.05, 3.63) is 34.9 Å². The lowest BCUT2D eigenvalue weighted by Gasteiger charge is -2.19. The second kappa shape index (κ2) is 3.09. The molecule has 0 spiro atoms. The Labute approximate surface area is 90.7 Å². The van der Waals surface area contributed by atoms with Crippen LogP contribution in [-0.2, 0) is 5.54 Å². The van der Waals surface area contributed by atoms with Crippen LogP contribution in [0.3, 0.4) is 0 Å². The molecule has 1 aromatic carbocycles. The lowest BCUT2D eigenvalue weighted by atomic mass is 9.88. The molecule has 1 amide bonds. The van der Waals surface area contributed by atoms with Crippen molar-refractivity contribution in [3.8, 4) is 0 Å². The van der Waals surface area contributed by atoms with Gasteiger partial charge in [-0.05, 0) is 30.9 Å². The zero-order valence-corrected chi connectivity index (χ0v) is 9.72. The molecule has 0 radical (unpaired) electrons. The van der Waals surface area contributed by atoms with Crippen LogP contribution in [0.1, 0.15) is 55.1 Å². The molecule has 80 valence electrons. The molecule has 0 unspecified atom stereocenters. The van der Waals surface area contributed by atoms with Crippen molar-refractivity contribution in [2.45, 2.75) is 39.2 Å². The quantitative estimate of drug-likeness (QED) is 0.747. The molecule has 1 heterocycles. The van der Waals surface area contributed by atoms with Crippen molar-refractivity contribution >= 4 is 5.91 Å². The van der Waals surface area contributed by atoms with Crippen LogP contribution in [0.5, 0.6) is 0 Å². The summed E-state index contributed by atoms with van der Waals surface area (Å²) in [6.45, 7) is 8.32. The summed E-state index contributed by atoms with van der Waals surface area (Å²) >= 11 is 0. The summed E-state index contributed by atoms with van der Waals surface area (Å²) in [5.74, 6) is 0.457. The molecular formula is C13H17NO. The zero-order valence-electron chi connectivity index (χ0n) is 9.72. The molecule has 0 aromatic heterocycles. The van der Waals surface area contributed by atoms with Gasteiger partial charge in [0.25, 0.3) is 5.91 Å². The molecule has 1 aliphatic heterocycles. The molecule has 0 aliphatic carbocycles. The fourth-order valence-electron chi connectivity index (χ4n) is 2.24. The number of benzene rings is 1. The average molecular weight is 203 g/mol. The molecule has 0 bridgehead atoms. The predicted molar refractivity (Wildman–Crippen MR) is 61.0 cm³/mol. The number of carbonyl (C=O) groups is 1. The van der Waals surface area contributed by atoms with Gasteiger partial charge in [0.15, 0.2) is 0 Å². The maximum atomic E-state index is 11.9. The van der Waals surface area contributed by atoms with Gasteiger partial charge >= 0.3 is 0 Å².